The molecular weight excluding hydrogens is 290 g/mol. The summed E-state index contributed by atoms with van der Waals surface area (Å²) < 4.78 is 0. The van der Waals surface area contributed by atoms with Crippen LogP contribution in [0.25, 0.3) is 0 Å². The SMILES string of the molecule is Cc1cc(C)cc(CN2CCC(CC#N)=C(SC(C)N)C2)c1. The predicted molar refractivity (Wildman–Crippen MR) is 94.3 cm³/mol. The van der Waals surface area contributed by atoms with Crippen molar-refractivity contribution in [3.05, 3.63) is 45.4 Å². The van der Waals surface area contributed by atoms with Crippen LogP contribution in [0.15, 0.2) is 28.7 Å². The summed E-state index contributed by atoms with van der Waals surface area (Å²) in [6.45, 7) is 9.20. The van der Waals surface area contributed by atoms with E-state index in [4.69, 9.17) is 11.0 Å². The van der Waals surface area contributed by atoms with Crippen molar-refractivity contribution in [1.82, 2.24) is 4.90 Å². The molecule has 2 N–H and O–H groups in total. The maximum absolute atomic E-state index is 8.99. The second-order valence-corrected chi connectivity index (χ2v) is 7.61. The minimum Gasteiger partial charge on any atom is -0.319 e. The molecule has 3 nitrogen and oxygen atoms in total. The number of nitrogens with two attached hydrogens (primary N) is 1. The van der Waals surface area contributed by atoms with E-state index in [1.807, 2.05) is 6.92 Å². The first-order valence-corrected chi connectivity index (χ1v) is 8.65. The summed E-state index contributed by atoms with van der Waals surface area (Å²) >= 11 is 1.71. The summed E-state index contributed by atoms with van der Waals surface area (Å²) in [5, 5.41) is 9.07. The highest BCUT2D eigenvalue weighted by Gasteiger charge is 2.20. The van der Waals surface area contributed by atoms with Crippen LogP contribution in [0.1, 0.15) is 36.5 Å². The highest BCUT2D eigenvalue weighted by Crippen LogP contribution is 2.31. The second kappa shape index (κ2) is 7.82. The number of rotatable bonds is 5. The fourth-order valence-electron chi connectivity index (χ4n) is 3.01. The van der Waals surface area contributed by atoms with Crippen LogP contribution in [0.4, 0.5) is 0 Å². The normalized spacial score (nSPS) is 17.4. The average Bonchev–Trinajstić information content (AvgIpc) is 2.40. The third-order valence-electron chi connectivity index (χ3n) is 3.80. The van der Waals surface area contributed by atoms with Crippen LogP contribution >= 0.6 is 11.8 Å². The van der Waals surface area contributed by atoms with E-state index in [9.17, 15) is 0 Å². The van der Waals surface area contributed by atoms with Gasteiger partial charge in [0.25, 0.3) is 0 Å². The number of hydrogen-bond donors (Lipinski definition) is 1. The summed E-state index contributed by atoms with van der Waals surface area (Å²) in [7, 11) is 0. The third-order valence-corrected chi connectivity index (χ3v) is 4.87. The number of hydrogen-bond acceptors (Lipinski definition) is 4. The third kappa shape index (κ3) is 4.88. The molecule has 1 aromatic carbocycles. The highest BCUT2D eigenvalue weighted by molar-refractivity contribution is 8.03. The molecule has 1 unspecified atom stereocenters. The van der Waals surface area contributed by atoms with Gasteiger partial charge in [0.1, 0.15) is 0 Å². The Morgan fingerprint density at radius 2 is 2.00 bits per heavy atom. The molecule has 22 heavy (non-hydrogen) atoms. The van der Waals surface area contributed by atoms with Gasteiger partial charge in [-0.25, -0.2) is 0 Å². The van der Waals surface area contributed by atoms with Crippen LogP contribution in [-0.2, 0) is 6.54 Å². The molecule has 0 radical (unpaired) electrons. The summed E-state index contributed by atoms with van der Waals surface area (Å²) in [4.78, 5) is 3.76. The smallest absolute Gasteiger partial charge is 0.0666 e. The summed E-state index contributed by atoms with van der Waals surface area (Å²) in [6, 6.07) is 9.03. The van der Waals surface area contributed by atoms with Gasteiger partial charge < -0.3 is 5.73 Å². The molecule has 1 heterocycles. The molecule has 0 bridgehead atoms. The lowest BCUT2D eigenvalue weighted by Gasteiger charge is -2.31. The topological polar surface area (TPSA) is 53.0 Å². The zero-order valence-corrected chi connectivity index (χ0v) is 14.5. The maximum Gasteiger partial charge on any atom is 0.0666 e. The van der Waals surface area contributed by atoms with Crippen LogP contribution in [-0.4, -0.2) is 23.4 Å². The Morgan fingerprint density at radius 3 is 2.59 bits per heavy atom. The molecule has 1 aliphatic heterocycles. The largest absolute Gasteiger partial charge is 0.319 e. The van der Waals surface area contributed by atoms with Gasteiger partial charge in [-0.2, -0.15) is 5.26 Å². The van der Waals surface area contributed by atoms with Gasteiger partial charge in [-0.15, -0.1) is 11.8 Å². The number of benzene rings is 1. The molecule has 0 spiro atoms. The molecule has 0 amide bonds. The molecule has 2 rings (SSSR count). The molecule has 0 aromatic heterocycles. The Labute approximate surface area is 138 Å². The maximum atomic E-state index is 8.99. The Bertz CT molecular complexity index is 579. The van der Waals surface area contributed by atoms with Crippen molar-refractivity contribution in [2.45, 2.75) is 45.5 Å². The number of nitrogens with zero attached hydrogens (tertiary/aromatic N) is 2. The zero-order chi connectivity index (χ0) is 16.1. The van der Waals surface area contributed by atoms with E-state index in [-0.39, 0.29) is 5.37 Å². The lowest BCUT2D eigenvalue weighted by Crippen LogP contribution is -2.31. The summed E-state index contributed by atoms with van der Waals surface area (Å²) in [5.74, 6) is 0. The molecule has 0 saturated carbocycles. The van der Waals surface area contributed by atoms with E-state index < -0.39 is 0 Å². The van der Waals surface area contributed by atoms with Gasteiger partial charge >= 0.3 is 0 Å². The van der Waals surface area contributed by atoms with Crippen molar-refractivity contribution in [1.29, 1.82) is 5.26 Å². The van der Waals surface area contributed by atoms with Crippen LogP contribution < -0.4 is 5.73 Å². The minimum absolute atomic E-state index is 0.0739. The Hall–Kier alpha value is -1.28. The molecule has 0 saturated heterocycles. The highest BCUT2D eigenvalue weighted by atomic mass is 32.2. The van der Waals surface area contributed by atoms with Crippen molar-refractivity contribution in [3.8, 4) is 6.07 Å². The van der Waals surface area contributed by atoms with Crippen LogP contribution in [0.5, 0.6) is 0 Å². The van der Waals surface area contributed by atoms with E-state index in [1.54, 1.807) is 11.8 Å². The minimum atomic E-state index is 0.0739. The van der Waals surface area contributed by atoms with E-state index in [0.29, 0.717) is 6.42 Å². The van der Waals surface area contributed by atoms with Gasteiger partial charge in [-0.3, -0.25) is 4.90 Å². The average molecular weight is 315 g/mol. The van der Waals surface area contributed by atoms with Gasteiger partial charge in [-0.1, -0.05) is 29.3 Å². The van der Waals surface area contributed by atoms with Crippen molar-refractivity contribution >= 4 is 11.8 Å². The lowest BCUT2D eigenvalue weighted by atomic mass is 10.0. The van der Waals surface area contributed by atoms with Gasteiger partial charge in [0.15, 0.2) is 0 Å². The summed E-state index contributed by atoms with van der Waals surface area (Å²) in [6.07, 6.45) is 1.51. The van der Waals surface area contributed by atoms with Gasteiger partial charge in [0.05, 0.1) is 17.9 Å². The van der Waals surface area contributed by atoms with Crippen molar-refractivity contribution in [3.63, 3.8) is 0 Å². The first-order chi connectivity index (χ1) is 10.5. The predicted octanol–water partition coefficient (Wildman–Crippen LogP) is 3.71. The van der Waals surface area contributed by atoms with Gasteiger partial charge in [0.2, 0.25) is 0 Å². The van der Waals surface area contributed by atoms with E-state index in [0.717, 1.165) is 26.1 Å². The molecule has 1 atom stereocenters. The quantitative estimate of drug-likeness (QED) is 0.842. The molecule has 0 aliphatic carbocycles. The molecule has 0 fully saturated rings. The number of thioether (sulfide) groups is 1. The lowest BCUT2D eigenvalue weighted by molar-refractivity contribution is 0.282. The molecule has 1 aliphatic rings. The number of aryl methyl sites for hydroxylation is 2. The molecular formula is C18H25N3S. The first kappa shape index (κ1) is 17.1. The van der Waals surface area contributed by atoms with Crippen molar-refractivity contribution in [2.75, 3.05) is 13.1 Å². The standard InChI is InChI=1S/C18H25N3S/c1-13-8-14(2)10-16(9-13)11-21-7-5-17(4-6-19)18(12-21)22-15(3)20/h8-10,15H,4-5,7,11-12,20H2,1-3H3. The van der Waals surface area contributed by atoms with E-state index >= 15 is 0 Å². The van der Waals surface area contributed by atoms with Crippen LogP contribution in [0, 0.1) is 25.2 Å². The van der Waals surface area contributed by atoms with E-state index in [1.165, 1.54) is 27.2 Å². The van der Waals surface area contributed by atoms with Crippen LogP contribution in [0.2, 0.25) is 0 Å². The fraction of sp³-hybridized carbons (Fsp3) is 0.500. The molecule has 118 valence electrons. The van der Waals surface area contributed by atoms with Crippen molar-refractivity contribution < 1.29 is 0 Å². The Balaban J connectivity index is 2.10. The second-order valence-electron chi connectivity index (χ2n) is 6.14. The van der Waals surface area contributed by atoms with Crippen LogP contribution in [0.3, 0.4) is 0 Å². The Morgan fingerprint density at radius 1 is 1.32 bits per heavy atom. The molecule has 4 heteroatoms. The summed E-state index contributed by atoms with van der Waals surface area (Å²) in [5.41, 5.74) is 11.2. The first-order valence-electron chi connectivity index (χ1n) is 7.77. The zero-order valence-electron chi connectivity index (χ0n) is 13.7. The Kier molecular flexibility index (Phi) is 6.07. The van der Waals surface area contributed by atoms with Gasteiger partial charge in [0, 0.05) is 24.5 Å². The monoisotopic (exact) mass is 315 g/mol. The van der Waals surface area contributed by atoms with E-state index in [2.05, 4.69) is 43.0 Å². The molecule has 1 aromatic rings. The van der Waals surface area contributed by atoms with Gasteiger partial charge in [-0.05, 0) is 38.3 Å². The van der Waals surface area contributed by atoms with Crippen molar-refractivity contribution in [2.24, 2.45) is 5.73 Å². The fourth-order valence-corrected chi connectivity index (χ4v) is 4.05. The number of nitriles is 1.